The van der Waals surface area contributed by atoms with Crippen LogP contribution in [0, 0.1) is 26.7 Å². The first-order valence-corrected chi connectivity index (χ1v) is 8.78. The molecule has 0 aliphatic carbocycles. The Morgan fingerprint density at radius 1 is 1.33 bits per heavy atom. The first-order valence-electron chi connectivity index (χ1n) is 8.78. The number of carbonyl (C=O) groups is 1. The monoisotopic (exact) mass is 330 g/mol. The minimum absolute atomic E-state index is 0.0175. The van der Waals surface area contributed by atoms with E-state index in [0.717, 1.165) is 54.9 Å². The van der Waals surface area contributed by atoms with Gasteiger partial charge in [-0.25, -0.2) is 4.98 Å². The third-order valence-corrected chi connectivity index (χ3v) is 4.76. The van der Waals surface area contributed by atoms with Gasteiger partial charge in [0.15, 0.2) is 0 Å². The Hall–Kier alpha value is -2.11. The Morgan fingerprint density at radius 2 is 2.12 bits per heavy atom. The quantitative estimate of drug-likeness (QED) is 0.933. The van der Waals surface area contributed by atoms with Crippen LogP contribution in [0.4, 0.5) is 5.82 Å². The van der Waals surface area contributed by atoms with Gasteiger partial charge in [-0.05, 0) is 40.0 Å². The van der Waals surface area contributed by atoms with Gasteiger partial charge in [-0.2, -0.15) is 4.98 Å². The molecule has 6 heteroatoms. The number of nitrogens with one attached hydrogen (secondary N) is 1. The van der Waals surface area contributed by atoms with Crippen molar-refractivity contribution in [1.82, 2.24) is 15.3 Å². The summed E-state index contributed by atoms with van der Waals surface area (Å²) < 4.78 is 5.78. The molecule has 0 bridgehead atoms. The molecule has 3 rings (SSSR count). The summed E-state index contributed by atoms with van der Waals surface area (Å²) in [5, 5.41) is 4.00. The number of aromatic nitrogens is 2. The molecule has 1 aliphatic rings. The highest BCUT2D eigenvalue weighted by atomic mass is 16.3. The Kier molecular flexibility index (Phi) is 4.73. The number of piperidine rings is 1. The second-order valence-electron chi connectivity index (χ2n) is 6.63. The van der Waals surface area contributed by atoms with E-state index in [9.17, 15) is 4.79 Å². The van der Waals surface area contributed by atoms with Crippen molar-refractivity contribution in [2.45, 2.75) is 47.0 Å². The third-order valence-electron chi connectivity index (χ3n) is 4.76. The van der Waals surface area contributed by atoms with Crippen LogP contribution in [0.5, 0.6) is 0 Å². The van der Waals surface area contributed by atoms with Crippen LogP contribution < -0.4 is 10.2 Å². The summed E-state index contributed by atoms with van der Waals surface area (Å²) in [5.41, 5.74) is 1.72. The van der Waals surface area contributed by atoms with Crippen LogP contribution in [0.3, 0.4) is 0 Å². The lowest BCUT2D eigenvalue weighted by Crippen LogP contribution is -2.43. The first-order chi connectivity index (χ1) is 11.5. The van der Waals surface area contributed by atoms with E-state index in [-0.39, 0.29) is 11.8 Å². The van der Waals surface area contributed by atoms with E-state index < -0.39 is 0 Å². The summed E-state index contributed by atoms with van der Waals surface area (Å²) in [6.45, 7) is 10.3. The van der Waals surface area contributed by atoms with Crippen LogP contribution in [-0.2, 0) is 4.79 Å². The Morgan fingerprint density at radius 3 is 2.88 bits per heavy atom. The zero-order valence-electron chi connectivity index (χ0n) is 15.0. The molecule has 3 heterocycles. The van der Waals surface area contributed by atoms with Crippen LogP contribution in [-0.4, -0.2) is 35.5 Å². The predicted molar refractivity (Wildman–Crippen MR) is 94.3 cm³/mol. The maximum absolute atomic E-state index is 12.3. The Balaban J connectivity index is 1.91. The summed E-state index contributed by atoms with van der Waals surface area (Å²) in [4.78, 5) is 23.7. The number of aryl methyl sites for hydroxylation is 3. The number of nitrogens with zero attached hydrogens (tertiary/aromatic N) is 3. The molecule has 0 radical (unpaired) electrons. The van der Waals surface area contributed by atoms with Crippen molar-refractivity contribution < 1.29 is 9.21 Å². The summed E-state index contributed by atoms with van der Waals surface area (Å²) in [5.74, 6) is 2.65. The second-order valence-corrected chi connectivity index (χ2v) is 6.63. The summed E-state index contributed by atoms with van der Waals surface area (Å²) in [6, 6.07) is 0. The smallest absolute Gasteiger partial charge is 0.231 e. The normalized spacial score (nSPS) is 18.2. The van der Waals surface area contributed by atoms with Gasteiger partial charge in [0.05, 0.1) is 11.3 Å². The van der Waals surface area contributed by atoms with Crippen molar-refractivity contribution in [3.63, 3.8) is 0 Å². The zero-order valence-corrected chi connectivity index (χ0v) is 15.0. The van der Waals surface area contributed by atoms with Gasteiger partial charge in [0.2, 0.25) is 11.6 Å². The fraction of sp³-hybridized carbons (Fsp3) is 0.611. The number of hydrogen-bond acceptors (Lipinski definition) is 5. The third kappa shape index (κ3) is 3.09. The number of furan rings is 1. The molecule has 6 nitrogen and oxygen atoms in total. The molecule has 130 valence electrons. The number of anilines is 1. The molecule has 0 spiro atoms. The maximum Gasteiger partial charge on any atom is 0.231 e. The minimum atomic E-state index is 0.0175. The topological polar surface area (TPSA) is 71.3 Å². The molecule has 0 aromatic carbocycles. The summed E-state index contributed by atoms with van der Waals surface area (Å²) in [7, 11) is 0. The lowest BCUT2D eigenvalue weighted by atomic mass is 9.96. The van der Waals surface area contributed by atoms with Gasteiger partial charge < -0.3 is 14.6 Å². The van der Waals surface area contributed by atoms with Crippen LogP contribution in [0.2, 0.25) is 0 Å². The molecular formula is C18H26N4O2. The minimum Gasteiger partial charge on any atom is -0.443 e. The summed E-state index contributed by atoms with van der Waals surface area (Å²) >= 11 is 0. The highest BCUT2D eigenvalue weighted by molar-refractivity contribution is 5.90. The SMILES string of the molecule is CCCNC(=O)C1CCCN(c2nc(C)nc3oc(C)c(C)c23)C1. The molecule has 1 atom stereocenters. The highest BCUT2D eigenvalue weighted by Gasteiger charge is 2.28. The Labute approximate surface area is 142 Å². The van der Waals surface area contributed by atoms with Gasteiger partial charge in [0.25, 0.3) is 0 Å². The van der Waals surface area contributed by atoms with E-state index in [0.29, 0.717) is 18.1 Å². The van der Waals surface area contributed by atoms with Gasteiger partial charge in [0, 0.05) is 25.2 Å². The number of hydrogen-bond donors (Lipinski definition) is 1. The molecule has 1 fully saturated rings. The zero-order chi connectivity index (χ0) is 17.3. The number of amides is 1. The number of carbonyl (C=O) groups excluding carboxylic acids is 1. The van der Waals surface area contributed by atoms with Crippen LogP contribution >= 0.6 is 0 Å². The molecule has 24 heavy (non-hydrogen) atoms. The molecule has 2 aromatic heterocycles. The first kappa shape index (κ1) is 16.7. The number of fused-ring (bicyclic) bond motifs is 1. The highest BCUT2D eigenvalue weighted by Crippen LogP contribution is 2.33. The summed E-state index contributed by atoms with van der Waals surface area (Å²) in [6.07, 6.45) is 2.88. The Bertz CT molecular complexity index is 753. The van der Waals surface area contributed by atoms with E-state index in [1.807, 2.05) is 20.8 Å². The van der Waals surface area contributed by atoms with Gasteiger partial charge >= 0.3 is 0 Å². The standard InChI is InChI=1S/C18H26N4O2/c1-5-8-19-17(23)14-7-6-9-22(10-14)16-15-11(2)12(3)24-18(15)21-13(4)20-16/h14H,5-10H2,1-4H3,(H,19,23). The molecule has 1 N–H and O–H groups in total. The maximum atomic E-state index is 12.3. The molecule has 0 saturated carbocycles. The van der Waals surface area contributed by atoms with Crippen molar-refractivity contribution >= 4 is 22.8 Å². The predicted octanol–water partition coefficient (Wildman–Crippen LogP) is 2.89. The molecule has 1 amide bonds. The van der Waals surface area contributed by atoms with Crippen molar-refractivity contribution in [2.24, 2.45) is 5.92 Å². The molecule has 1 saturated heterocycles. The van der Waals surface area contributed by atoms with Crippen molar-refractivity contribution in [3.05, 3.63) is 17.1 Å². The van der Waals surface area contributed by atoms with Gasteiger partial charge in [-0.1, -0.05) is 6.92 Å². The lowest BCUT2D eigenvalue weighted by Gasteiger charge is -2.33. The van der Waals surface area contributed by atoms with Gasteiger partial charge in [0.1, 0.15) is 17.4 Å². The fourth-order valence-corrected chi connectivity index (χ4v) is 3.34. The van der Waals surface area contributed by atoms with Crippen LogP contribution in [0.25, 0.3) is 11.1 Å². The lowest BCUT2D eigenvalue weighted by molar-refractivity contribution is -0.125. The van der Waals surface area contributed by atoms with Gasteiger partial charge in [-0.15, -0.1) is 0 Å². The molecular weight excluding hydrogens is 304 g/mol. The van der Waals surface area contributed by atoms with Crippen molar-refractivity contribution in [1.29, 1.82) is 0 Å². The van der Waals surface area contributed by atoms with Crippen LogP contribution in [0.1, 0.15) is 43.3 Å². The van der Waals surface area contributed by atoms with E-state index in [2.05, 4.69) is 27.1 Å². The molecule has 2 aromatic rings. The van der Waals surface area contributed by atoms with E-state index >= 15 is 0 Å². The largest absolute Gasteiger partial charge is 0.443 e. The number of rotatable bonds is 4. The second kappa shape index (κ2) is 6.79. The van der Waals surface area contributed by atoms with E-state index in [4.69, 9.17) is 4.42 Å². The molecule has 1 aliphatic heterocycles. The van der Waals surface area contributed by atoms with E-state index in [1.165, 1.54) is 0 Å². The average Bonchev–Trinajstić information content (AvgIpc) is 2.86. The van der Waals surface area contributed by atoms with Gasteiger partial charge in [-0.3, -0.25) is 4.79 Å². The van der Waals surface area contributed by atoms with E-state index in [1.54, 1.807) is 0 Å². The van der Waals surface area contributed by atoms with Crippen LogP contribution in [0.15, 0.2) is 4.42 Å². The average molecular weight is 330 g/mol. The van der Waals surface area contributed by atoms with Crippen molar-refractivity contribution in [3.8, 4) is 0 Å². The molecule has 1 unspecified atom stereocenters. The fourth-order valence-electron chi connectivity index (χ4n) is 3.34. The van der Waals surface area contributed by atoms with Crippen molar-refractivity contribution in [2.75, 3.05) is 24.5 Å².